The smallest absolute Gasteiger partial charge is 0.422 e. The van der Waals surface area contributed by atoms with E-state index in [1.165, 1.54) is 23.1 Å². The molecule has 0 aromatic heterocycles. The van der Waals surface area contributed by atoms with Gasteiger partial charge in [-0.25, -0.2) is 4.79 Å². The van der Waals surface area contributed by atoms with Gasteiger partial charge in [0.05, 0.1) is 22.7 Å². The number of hydrogen-bond acceptors (Lipinski definition) is 3. The van der Waals surface area contributed by atoms with Crippen LogP contribution in [0.2, 0.25) is 5.02 Å². The number of benzene rings is 2. The summed E-state index contributed by atoms with van der Waals surface area (Å²) in [5.41, 5.74) is 7.07. The Balaban J connectivity index is 2.01. The molecule has 0 fully saturated rings. The van der Waals surface area contributed by atoms with Gasteiger partial charge in [0.15, 0.2) is 6.61 Å². The Bertz CT molecular complexity index is 1020. The first-order chi connectivity index (χ1) is 15.0. The number of hydrogen-bond donors (Lipinski definition) is 1. The van der Waals surface area contributed by atoms with Crippen LogP contribution in [-0.4, -0.2) is 41.7 Å². The summed E-state index contributed by atoms with van der Waals surface area (Å²) in [6.45, 7) is 2.49. The van der Waals surface area contributed by atoms with Crippen molar-refractivity contribution in [1.29, 1.82) is 0 Å². The van der Waals surface area contributed by atoms with Gasteiger partial charge in [0, 0.05) is 12.2 Å². The molecule has 2 aromatic carbocycles. The maximum absolute atomic E-state index is 13.6. The third kappa shape index (κ3) is 4.93. The Morgan fingerprint density at radius 1 is 1.22 bits per heavy atom. The summed E-state index contributed by atoms with van der Waals surface area (Å²) in [7, 11) is 0. The molecule has 1 heterocycles. The van der Waals surface area contributed by atoms with E-state index in [1.807, 2.05) is 19.9 Å². The minimum atomic E-state index is -4.49. The molecule has 1 aliphatic heterocycles. The Morgan fingerprint density at radius 3 is 2.50 bits per heavy atom. The predicted octanol–water partition coefficient (Wildman–Crippen LogP) is 4.99. The van der Waals surface area contributed by atoms with E-state index in [0.717, 1.165) is 5.56 Å². The van der Waals surface area contributed by atoms with Gasteiger partial charge in [0.1, 0.15) is 5.75 Å². The van der Waals surface area contributed by atoms with E-state index in [0.29, 0.717) is 12.1 Å². The fourth-order valence-corrected chi connectivity index (χ4v) is 4.18. The Hall–Kier alpha value is -2.94. The van der Waals surface area contributed by atoms with Crippen LogP contribution in [-0.2, 0) is 6.54 Å². The number of fused-ring (bicyclic) bond motifs is 1. The van der Waals surface area contributed by atoms with Gasteiger partial charge in [0.25, 0.3) is 5.91 Å². The number of amides is 3. The first kappa shape index (κ1) is 23.7. The molecule has 32 heavy (non-hydrogen) atoms. The highest BCUT2D eigenvalue weighted by molar-refractivity contribution is 6.34. The lowest BCUT2D eigenvalue weighted by molar-refractivity contribution is -0.153. The highest BCUT2D eigenvalue weighted by atomic mass is 35.5. The lowest BCUT2D eigenvalue weighted by atomic mass is 10.0. The van der Waals surface area contributed by atoms with Crippen molar-refractivity contribution < 1.29 is 27.5 Å². The summed E-state index contributed by atoms with van der Waals surface area (Å²) >= 11 is 6.27. The predicted molar refractivity (Wildman–Crippen MR) is 115 cm³/mol. The second kappa shape index (κ2) is 9.28. The summed E-state index contributed by atoms with van der Waals surface area (Å²) in [6.07, 6.45) is -3.97. The third-order valence-corrected chi connectivity index (χ3v) is 5.78. The van der Waals surface area contributed by atoms with Gasteiger partial charge in [-0.2, -0.15) is 13.2 Å². The van der Waals surface area contributed by atoms with E-state index in [-0.39, 0.29) is 28.9 Å². The Kier molecular flexibility index (Phi) is 6.88. The molecule has 0 radical (unpaired) electrons. The fraction of sp³-hybridized carbons (Fsp3) is 0.364. The minimum Gasteiger partial charge on any atom is -0.484 e. The molecule has 1 aliphatic rings. The highest BCUT2D eigenvalue weighted by Crippen LogP contribution is 2.35. The van der Waals surface area contributed by atoms with Gasteiger partial charge in [0.2, 0.25) is 0 Å². The largest absolute Gasteiger partial charge is 0.484 e. The molecule has 0 spiro atoms. The van der Waals surface area contributed by atoms with E-state index in [9.17, 15) is 22.8 Å². The normalized spacial score (nSPS) is 18.7. The zero-order valence-corrected chi connectivity index (χ0v) is 18.3. The van der Waals surface area contributed by atoms with Gasteiger partial charge < -0.3 is 20.3 Å². The summed E-state index contributed by atoms with van der Waals surface area (Å²) in [6, 6.07) is 9.59. The van der Waals surface area contributed by atoms with Crippen LogP contribution < -0.4 is 15.4 Å². The second-order valence-corrected chi connectivity index (χ2v) is 7.94. The molecule has 10 heteroatoms. The van der Waals surface area contributed by atoms with Gasteiger partial charge in [-0.3, -0.25) is 4.79 Å². The van der Waals surface area contributed by atoms with Gasteiger partial charge in [-0.1, -0.05) is 36.7 Å². The fourth-order valence-electron chi connectivity index (χ4n) is 3.93. The number of para-hydroxylation sites is 1. The Morgan fingerprint density at radius 2 is 1.91 bits per heavy atom. The van der Waals surface area contributed by atoms with Crippen molar-refractivity contribution in [3.05, 3.63) is 58.6 Å². The van der Waals surface area contributed by atoms with Gasteiger partial charge in [-0.05, 0) is 43.2 Å². The first-order valence-corrected chi connectivity index (χ1v) is 10.4. The van der Waals surface area contributed by atoms with Crippen LogP contribution in [0.25, 0.3) is 0 Å². The number of alkyl halides is 3. The van der Waals surface area contributed by atoms with Crippen LogP contribution in [0.3, 0.4) is 0 Å². The molecule has 0 saturated carbocycles. The quantitative estimate of drug-likeness (QED) is 0.685. The monoisotopic (exact) mass is 469 g/mol. The molecular formula is C22H23ClF3N3O3. The van der Waals surface area contributed by atoms with E-state index >= 15 is 0 Å². The molecule has 2 atom stereocenters. The zero-order valence-electron chi connectivity index (χ0n) is 17.5. The van der Waals surface area contributed by atoms with Gasteiger partial charge >= 0.3 is 12.2 Å². The van der Waals surface area contributed by atoms with E-state index in [1.54, 1.807) is 23.1 Å². The number of urea groups is 1. The van der Waals surface area contributed by atoms with Crippen LogP contribution in [0.5, 0.6) is 5.75 Å². The number of ether oxygens (including phenoxy) is 1. The van der Waals surface area contributed by atoms with Crippen molar-refractivity contribution in [2.45, 2.75) is 45.1 Å². The number of halogens is 4. The zero-order chi connectivity index (χ0) is 23.6. The molecule has 3 rings (SSSR count). The summed E-state index contributed by atoms with van der Waals surface area (Å²) < 4.78 is 42.0. The van der Waals surface area contributed by atoms with Crippen molar-refractivity contribution in [2.24, 2.45) is 5.73 Å². The highest BCUT2D eigenvalue weighted by Gasteiger charge is 2.38. The average molecular weight is 470 g/mol. The number of nitrogens with two attached hydrogens (primary N) is 1. The number of carbonyl (C=O) groups is 2. The lowest BCUT2D eigenvalue weighted by Gasteiger charge is -2.36. The van der Waals surface area contributed by atoms with Crippen molar-refractivity contribution in [3.8, 4) is 5.75 Å². The lowest BCUT2D eigenvalue weighted by Crippen LogP contribution is -2.53. The van der Waals surface area contributed by atoms with Crippen molar-refractivity contribution in [3.63, 3.8) is 0 Å². The maximum Gasteiger partial charge on any atom is 0.422 e. The molecule has 2 aromatic rings. The van der Waals surface area contributed by atoms with Crippen molar-refractivity contribution >= 4 is 29.2 Å². The number of primary amides is 1. The van der Waals surface area contributed by atoms with Crippen LogP contribution >= 0.6 is 11.6 Å². The van der Waals surface area contributed by atoms with Crippen LogP contribution in [0.4, 0.5) is 23.7 Å². The number of carbonyl (C=O) groups excluding carboxylic acids is 2. The third-order valence-electron chi connectivity index (χ3n) is 5.47. The van der Waals surface area contributed by atoms with E-state index in [4.69, 9.17) is 22.1 Å². The van der Waals surface area contributed by atoms with Crippen LogP contribution in [0, 0.1) is 0 Å². The standard InChI is InChI=1S/C22H23ClF3N3O3/c1-3-18-13(2)28(21(27)31)11-14-6-4-5-7-19(14)29(18)20(30)16-9-8-15(10-17(16)23)32-12-22(24,25)26/h4-10,13,18H,3,11-12H2,1-2H3,(H2,27,31)/t13?,18-/m1/s1. The minimum absolute atomic E-state index is 0.0364. The summed E-state index contributed by atoms with van der Waals surface area (Å²) in [4.78, 5) is 28.8. The molecule has 0 aliphatic carbocycles. The summed E-state index contributed by atoms with van der Waals surface area (Å²) in [5, 5.41) is -0.0364. The Labute approximate surface area is 188 Å². The molecule has 172 valence electrons. The van der Waals surface area contributed by atoms with Crippen molar-refractivity contribution in [2.75, 3.05) is 11.5 Å². The van der Waals surface area contributed by atoms with E-state index in [2.05, 4.69) is 0 Å². The molecule has 1 unspecified atom stereocenters. The van der Waals surface area contributed by atoms with E-state index < -0.39 is 30.8 Å². The molecule has 3 amide bonds. The van der Waals surface area contributed by atoms with Crippen LogP contribution in [0.15, 0.2) is 42.5 Å². The first-order valence-electron chi connectivity index (χ1n) is 10.00. The number of rotatable bonds is 4. The maximum atomic E-state index is 13.6. The SMILES string of the molecule is CC[C@@H]1C(C)N(C(N)=O)Cc2ccccc2N1C(=O)c1ccc(OCC(F)(F)F)cc1Cl. The topological polar surface area (TPSA) is 75.9 Å². The van der Waals surface area contributed by atoms with Gasteiger partial charge in [-0.15, -0.1) is 0 Å². The van der Waals surface area contributed by atoms with Crippen molar-refractivity contribution in [1.82, 2.24) is 4.90 Å². The molecule has 6 nitrogen and oxygen atoms in total. The molecule has 2 N–H and O–H groups in total. The number of nitrogens with zero attached hydrogens (tertiary/aromatic N) is 2. The molecular weight excluding hydrogens is 447 g/mol. The second-order valence-electron chi connectivity index (χ2n) is 7.53. The average Bonchev–Trinajstić information content (AvgIpc) is 2.85. The number of anilines is 1. The molecule has 0 bridgehead atoms. The van der Waals surface area contributed by atoms with Crippen LogP contribution in [0.1, 0.15) is 36.2 Å². The molecule has 0 saturated heterocycles. The summed E-state index contributed by atoms with van der Waals surface area (Å²) in [5.74, 6) is -0.532.